The predicted molar refractivity (Wildman–Crippen MR) is 169 cm³/mol. The van der Waals surface area contributed by atoms with E-state index < -0.39 is 0 Å². The van der Waals surface area contributed by atoms with Crippen molar-refractivity contribution in [1.82, 2.24) is 0 Å². The van der Waals surface area contributed by atoms with Crippen molar-refractivity contribution in [3.05, 3.63) is 180 Å². The van der Waals surface area contributed by atoms with Gasteiger partial charge in [0.1, 0.15) is 0 Å². The van der Waals surface area contributed by atoms with Crippen LogP contribution >= 0.6 is 0 Å². The monoisotopic (exact) mass is 519 g/mol. The minimum atomic E-state index is 0.864. The Morgan fingerprint density at radius 3 is 1.48 bits per heavy atom. The molecule has 0 bridgehead atoms. The zero-order valence-electron chi connectivity index (χ0n) is 22.5. The van der Waals surface area contributed by atoms with Crippen LogP contribution in [0.1, 0.15) is 19.3 Å². The van der Waals surface area contributed by atoms with Crippen molar-refractivity contribution in [3.63, 3.8) is 0 Å². The predicted octanol–water partition coefficient (Wildman–Crippen LogP) is 9.75. The number of hydrogen-bond donors (Lipinski definition) is 2. The van der Waals surface area contributed by atoms with Gasteiger partial charge in [0.15, 0.2) is 0 Å². The summed E-state index contributed by atoms with van der Waals surface area (Å²) < 4.78 is 0. The summed E-state index contributed by atoms with van der Waals surface area (Å²) in [6.07, 6.45) is 13.9. The van der Waals surface area contributed by atoms with Gasteiger partial charge in [-0.05, 0) is 96.2 Å². The van der Waals surface area contributed by atoms with Crippen molar-refractivity contribution >= 4 is 22.7 Å². The highest BCUT2D eigenvalue weighted by atomic mass is 15.2. The Kier molecular flexibility index (Phi) is 7.72. The Morgan fingerprint density at radius 2 is 1.00 bits per heavy atom. The van der Waals surface area contributed by atoms with Gasteiger partial charge in [0, 0.05) is 35.1 Å². The van der Waals surface area contributed by atoms with Crippen molar-refractivity contribution in [2.45, 2.75) is 19.3 Å². The fraction of sp³-hybridized carbons (Fsp3) is 0.0811. The molecule has 0 unspecified atom stereocenters. The Labute approximate surface area is 237 Å². The van der Waals surface area contributed by atoms with E-state index in [0.29, 0.717) is 0 Å². The zero-order valence-corrected chi connectivity index (χ0v) is 22.5. The summed E-state index contributed by atoms with van der Waals surface area (Å²) in [4.78, 5) is 2.38. The van der Waals surface area contributed by atoms with Gasteiger partial charge < -0.3 is 15.5 Å². The van der Waals surface area contributed by atoms with E-state index >= 15 is 0 Å². The number of rotatable bonds is 7. The summed E-state index contributed by atoms with van der Waals surface area (Å²) in [5.74, 6) is 0. The van der Waals surface area contributed by atoms with E-state index in [1.54, 1.807) is 0 Å². The SMILES string of the molecule is C1=CCC(=C2C(=CNc3ccccc3)CCC2=CNc2ccccc2)C(N(c2ccccc2)c2ccccc2)=C1. The minimum absolute atomic E-state index is 0.864. The molecule has 6 rings (SSSR count). The second kappa shape index (κ2) is 12.2. The van der Waals surface area contributed by atoms with Crippen LogP contribution < -0.4 is 15.5 Å². The lowest BCUT2D eigenvalue weighted by atomic mass is 9.91. The molecule has 0 atom stereocenters. The molecule has 0 heterocycles. The molecule has 196 valence electrons. The third-order valence-corrected chi connectivity index (χ3v) is 7.27. The van der Waals surface area contributed by atoms with Gasteiger partial charge in [-0.15, -0.1) is 0 Å². The van der Waals surface area contributed by atoms with Crippen LogP contribution in [0.25, 0.3) is 0 Å². The molecule has 0 spiro atoms. The summed E-state index contributed by atoms with van der Waals surface area (Å²) in [6.45, 7) is 0. The normalized spacial score (nSPS) is 16.8. The highest BCUT2D eigenvalue weighted by Gasteiger charge is 2.28. The molecule has 4 aromatic carbocycles. The van der Waals surface area contributed by atoms with Crippen LogP contribution in [-0.4, -0.2) is 0 Å². The van der Waals surface area contributed by atoms with Crippen molar-refractivity contribution < 1.29 is 0 Å². The first-order valence-corrected chi connectivity index (χ1v) is 13.9. The summed E-state index contributed by atoms with van der Waals surface area (Å²) in [6, 6.07) is 42.1. The largest absolute Gasteiger partial charge is 0.361 e. The fourth-order valence-corrected chi connectivity index (χ4v) is 5.38. The second-order valence-corrected chi connectivity index (χ2v) is 9.90. The first-order chi connectivity index (χ1) is 19.9. The topological polar surface area (TPSA) is 27.3 Å². The molecule has 2 aliphatic carbocycles. The molecule has 0 radical (unpaired) electrons. The minimum Gasteiger partial charge on any atom is -0.361 e. The van der Waals surface area contributed by atoms with E-state index in [2.05, 4.69) is 155 Å². The van der Waals surface area contributed by atoms with Crippen molar-refractivity contribution in [1.29, 1.82) is 0 Å². The molecule has 0 aliphatic heterocycles. The number of anilines is 4. The number of benzene rings is 4. The van der Waals surface area contributed by atoms with Crippen LogP contribution in [0.3, 0.4) is 0 Å². The van der Waals surface area contributed by atoms with Crippen molar-refractivity contribution in [2.24, 2.45) is 0 Å². The van der Waals surface area contributed by atoms with E-state index in [1.165, 1.54) is 28.0 Å². The van der Waals surface area contributed by atoms with Crippen LogP contribution in [0.2, 0.25) is 0 Å². The molecule has 0 amide bonds. The average molecular weight is 520 g/mol. The smallest absolute Gasteiger partial charge is 0.0502 e. The van der Waals surface area contributed by atoms with Gasteiger partial charge in [0.2, 0.25) is 0 Å². The van der Waals surface area contributed by atoms with Crippen molar-refractivity contribution in [2.75, 3.05) is 15.5 Å². The van der Waals surface area contributed by atoms with E-state index in [-0.39, 0.29) is 0 Å². The van der Waals surface area contributed by atoms with Crippen LogP contribution in [-0.2, 0) is 0 Å². The quantitative estimate of drug-likeness (QED) is 0.254. The summed E-state index contributed by atoms with van der Waals surface area (Å²) in [5, 5.41) is 7.13. The Hall–Kier alpha value is -5.02. The van der Waals surface area contributed by atoms with E-state index in [0.717, 1.165) is 42.0 Å². The lowest BCUT2D eigenvalue weighted by Gasteiger charge is -2.31. The van der Waals surface area contributed by atoms with Crippen LogP contribution in [0.5, 0.6) is 0 Å². The number of para-hydroxylation sites is 4. The van der Waals surface area contributed by atoms with Crippen LogP contribution in [0.4, 0.5) is 22.7 Å². The molecule has 4 aromatic rings. The standard InChI is InChI=1S/C37H33N3/c1-5-15-31(16-6-1)38-27-29-25-26-30(28-39-32-17-7-2-8-18-32)37(29)35-23-13-14-24-36(35)40(33-19-9-3-10-20-33)34-21-11-4-12-22-34/h1-22,24,27-28,38-39H,23,25-26H2. The Bertz CT molecular complexity index is 1480. The molecule has 40 heavy (non-hydrogen) atoms. The highest BCUT2D eigenvalue weighted by Crippen LogP contribution is 2.44. The first-order valence-electron chi connectivity index (χ1n) is 13.9. The third kappa shape index (κ3) is 5.69. The molecule has 0 saturated heterocycles. The van der Waals surface area contributed by atoms with Gasteiger partial charge in [0.25, 0.3) is 0 Å². The molecule has 2 aliphatic rings. The summed E-state index contributed by atoms with van der Waals surface area (Å²) >= 11 is 0. The highest BCUT2D eigenvalue weighted by molar-refractivity contribution is 5.75. The van der Waals surface area contributed by atoms with Crippen LogP contribution in [0.15, 0.2) is 180 Å². The first kappa shape index (κ1) is 25.3. The molecule has 1 saturated carbocycles. The summed E-state index contributed by atoms with van der Waals surface area (Å²) in [7, 11) is 0. The van der Waals surface area contributed by atoms with Gasteiger partial charge in [-0.25, -0.2) is 0 Å². The van der Waals surface area contributed by atoms with Gasteiger partial charge in [0.05, 0.1) is 5.70 Å². The lowest BCUT2D eigenvalue weighted by molar-refractivity contribution is 1.05. The van der Waals surface area contributed by atoms with Gasteiger partial charge in [-0.2, -0.15) is 0 Å². The van der Waals surface area contributed by atoms with E-state index in [9.17, 15) is 0 Å². The van der Waals surface area contributed by atoms with Crippen LogP contribution in [0, 0.1) is 0 Å². The summed E-state index contributed by atoms with van der Waals surface area (Å²) in [5.41, 5.74) is 11.0. The third-order valence-electron chi connectivity index (χ3n) is 7.27. The molecule has 1 fully saturated rings. The maximum absolute atomic E-state index is 3.56. The van der Waals surface area contributed by atoms with Crippen molar-refractivity contribution in [3.8, 4) is 0 Å². The van der Waals surface area contributed by atoms with E-state index in [1.807, 2.05) is 12.1 Å². The zero-order chi connectivity index (χ0) is 27.0. The number of allylic oxidation sites excluding steroid dienone is 7. The number of hydrogen-bond acceptors (Lipinski definition) is 3. The number of nitrogens with zero attached hydrogens (tertiary/aromatic N) is 1. The maximum atomic E-state index is 3.56. The molecule has 0 aromatic heterocycles. The maximum Gasteiger partial charge on any atom is 0.0502 e. The van der Waals surface area contributed by atoms with Gasteiger partial charge in [-0.3, -0.25) is 0 Å². The Morgan fingerprint density at radius 1 is 0.550 bits per heavy atom. The molecular formula is C37H33N3. The van der Waals surface area contributed by atoms with Gasteiger partial charge in [-0.1, -0.05) is 84.9 Å². The molecule has 3 heteroatoms. The average Bonchev–Trinajstić information content (AvgIpc) is 3.44. The molecule has 2 N–H and O–H groups in total. The number of nitrogens with one attached hydrogen (secondary N) is 2. The second-order valence-electron chi connectivity index (χ2n) is 9.90. The lowest BCUT2D eigenvalue weighted by Crippen LogP contribution is -2.20. The molecular weight excluding hydrogens is 486 g/mol. The fourth-order valence-electron chi connectivity index (χ4n) is 5.38. The van der Waals surface area contributed by atoms with Gasteiger partial charge >= 0.3 is 0 Å². The van der Waals surface area contributed by atoms with E-state index in [4.69, 9.17) is 0 Å². The molecule has 3 nitrogen and oxygen atoms in total. The Balaban J connectivity index is 1.48.